The fourth-order valence-electron chi connectivity index (χ4n) is 1.90. The Bertz CT molecular complexity index is 646. The van der Waals surface area contributed by atoms with Crippen LogP contribution in [0.1, 0.15) is 23.2 Å². The maximum Gasteiger partial charge on any atom is 0.284 e. The van der Waals surface area contributed by atoms with E-state index in [1.165, 1.54) is 18.2 Å². The summed E-state index contributed by atoms with van der Waals surface area (Å²) in [6.45, 7) is 0. The van der Waals surface area contributed by atoms with E-state index >= 15 is 0 Å². The van der Waals surface area contributed by atoms with Gasteiger partial charge in [0.1, 0.15) is 10.5 Å². The van der Waals surface area contributed by atoms with Crippen LogP contribution in [0.15, 0.2) is 22.7 Å². The fraction of sp³-hybridized carbons (Fsp3) is 0.250. The molecule has 1 saturated heterocycles. The first kappa shape index (κ1) is 15.1. The molecule has 0 aliphatic carbocycles. The Morgan fingerprint density at radius 1 is 1.43 bits per heavy atom. The third kappa shape index (κ3) is 3.24. The number of carbonyl (C=O) groups excluding carboxylic acids is 3. The third-order valence-electron chi connectivity index (χ3n) is 2.96. The summed E-state index contributed by atoms with van der Waals surface area (Å²) < 4.78 is 0.0415. The highest BCUT2D eigenvalue weighted by molar-refractivity contribution is 9.10. The summed E-state index contributed by atoms with van der Waals surface area (Å²) in [7, 11) is 0. The minimum atomic E-state index is -0.832. The van der Waals surface area contributed by atoms with Crippen LogP contribution in [-0.2, 0) is 9.59 Å². The molecular weight excluding hydrogens is 346 g/mol. The van der Waals surface area contributed by atoms with Crippen LogP contribution in [0, 0.1) is 10.1 Å². The van der Waals surface area contributed by atoms with Crippen LogP contribution in [0.4, 0.5) is 5.69 Å². The lowest BCUT2D eigenvalue weighted by Crippen LogP contribution is -2.52. The fourth-order valence-corrected chi connectivity index (χ4v) is 2.49. The van der Waals surface area contributed by atoms with E-state index in [0.29, 0.717) is 0 Å². The van der Waals surface area contributed by atoms with Crippen molar-refractivity contribution in [2.24, 2.45) is 0 Å². The van der Waals surface area contributed by atoms with Gasteiger partial charge in [0.2, 0.25) is 11.8 Å². The van der Waals surface area contributed by atoms with Crippen LogP contribution in [0.3, 0.4) is 0 Å². The average molecular weight is 356 g/mol. The van der Waals surface area contributed by atoms with Crippen LogP contribution in [-0.4, -0.2) is 28.7 Å². The summed E-state index contributed by atoms with van der Waals surface area (Å²) in [5, 5.41) is 15.4. The molecule has 1 aromatic carbocycles. The number of amides is 3. The monoisotopic (exact) mass is 355 g/mol. The van der Waals surface area contributed by atoms with Crippen molar-refractivity contribution >= 4 is 39.3 Å². The molecule has 1 heterocycles. The second-order valence-electron chi connectivity index (χ2n) is 4.37. The van der Waals surface area contributed by atoms with Gasteiger partial charge in [-0.1, -0.05) is 6.07 Å². The molecule has 9 heteroatoms. The van der Waals surface area contributed by atoms with Gasteiger partial charge in [-0.05, 0) is 28.4 Å². The summed E-state index contributed by atoms with van der Waals surface area (Å²) in [6.07, 6.45) is 0.329. The Morgan fingerprint density at radius 3 is 2.76 bits per heavy atom. The maximum atomic E-state index is 12.1. The van der Waals surface area contributed by atoms with E-state index in [4.69, 9.17) is 0 Å². The standard InChI is InChI=1S/C12H10BrN3O5/c13-10-6(2-1-3-8(10)16(20)21)11(18)14-7-4-5-9(17)15-12(7)19/h1-3,7H,4-5H2,(H,14,18)(H,15,17,19). The molecule has 0 bridgehead atoms. The van der Waals surface area contributed by atoms with Crippen molar-refractivity contribution < 1.29 is 19.3 Å². The van der Waals surface area contributed by atoms with Crippen LogP contribution in [0.2, 0.25) is 0 Å². The van der Waals surface area contributed by atoms with Crippen molar-refractivity contribution in [1.29, 1.82) is 0 Å². The first-order valence-electron chi connectivity index (χ1n) is 5.97. The molecular formula is C12H10BrN3O5. The highest BCUT2D eigenvalue weighted by Crippen LogP contribution is 2.28. The predicted molar refractivity (Wildman–Crippen MR) is 74.4 cm³/mol. The number of hydrogen-bond acceptors (Lipinski definition) is 5. The normalized spacial score (nSPS) is 18.0. The lowest BCUT2D eigenvalue weighted by Gasteiger charge is -2.21. The molecule has 2 N–H and O–H groups in total. The van der Waals surface area contributed by atoms with Crippen molar-refractivity contribution in [1.82, 2.24) is 10.6 Å². The van der Waals surface area contributed by atoms with Gasteiger partial charge in [-0.2, -0.15) is 0 Å². The molecule has 1 fully saturated rings. The number of hydrogen-bond donors (Lipinski definition) is 2. The molecule has 1 unspecified atom stereocenters. The minimum Gasteiger partial charge on any atom is -0.340 e. The number of benzene rings is 1. The molecule has 21 heavy (non-hydrogen) atoms. The summed E-state index contributed by atoms with van der Waals surface area (Å²) in [4.78, 5) is 44.9. The second-order valence-corrected chi connectivity index (χ2v) is 5.17. The maximum absolute atomic E-state index is 12.1. The smallest absolute Gasteiger partial charge is 0.284 e. The van der Waals surface area contributed by atoms with Gasteiger partial charge in [-0.3, -0.25) is 29.8 Å². The van der Waals surface area contributed by atoms with E-state index in [9.17, 15) is 24.5 Å². The van der Waals surface area contributed by atoms with Crippen molar-refractivity contribution in [3.05, 3.63) is 38.3 Å². The van der Waals surface area contributed by atoms with Crippen molar-refractivity contribution in [3.8, 4) is 0 Å². The van der Waals surface area contributed by atoms with E-state index in [1.54, 1.807) is 0 Å². The van der Waals surface area contributed by atoms with Crippen LogP contribution in [0.5, 0.6) is 0 Å². The van der Waals surface area contributed by atoms with Crippen molar-refractivity contribution in [2.75, 3.05) is 0 Å². The van der Waals surface area contributed by atoms with Gasteiger partial charge in [0, 0.05) is 12.5 Å². The Kier molecular flexibility index (Phi) is 4.32. The first-order valence-corrected chi connectivity index (χ1v) is 6.77. The Labute approximate surface area is 127 Å². The molecule has 1 aromatic rings. The van der Waals surface area contributed by atoms with Crippen LogP contribution < -0.4 is 10.6 Å². The lowest BCUT2D eigenvalue weighted by atomic mass is 10.1. The van der Waals surface area contributed by atoms with Gasteiger partial charge >= 0.3 is 0 Å². The number of nitrogens with zero attached hydrogens (tertiary/aromatic N) is 1. The van der Waals surface area contributed by atoms with Crippen molar-refractivity contribution in [3.63, 3.8) is 0 Å². The van der Waals surface area contributed by atoms with E-state index < -0.39 is 22.8 Å². The number of piperidine rings is 1. The van der Waals surface area contributed by atoms with E-state index in [1.807, 2.05) is 0 Å². The Morgan fingerprint density at radius 2 is 2.14 bits per heavy atom. The quantitative estimate of drug-likeness (QED) is 0.474. The summed E-state index contributed by atoms with van der Waals surface area (Å²) in [6, 6.07) is 3.20. The molecule has 8 nitrogen and oxygen atoms in total. The predicted octanol–water partition coefficient (Wildman–Crippen LogP) is 0.892. The second kappa shape index (κ2) is 6.00. The molecule has 0 aromatic heterocycles. The van der Waals surface area contributed by atoms with Gasteiger partial charge in [0.25, 0.3) is 11.6 Å². The molecule has 1 atom stereocenters. The molecule has 0 saturated carbocycles. The van der Waals surface area contributed by atoms with Gasteiger partial charge < -0.3 is 5.32 Å². The van der Waals surface area contributed by atoms with E-state index in [-0.39, 0.29) is 34.5 Å². The molecule has 0 radical (unpaired) electrons. The largest absolute Gasteiger partial charge is 0.340 e. The van der Waals surface area contributed by atoms with Gasteiger partial charge in [-0.25, -0.2) is 0 Å². The van der Waals surface area contributed by atoms with Gasteiger partial charge in [0.15, 0.2) is 0 Å². The number of halogens is 1. The SMILES string of the molecule is O=C1CCC(NC(=O)c2cccc([N+](=O)[O-])c2Br)C(=O)N1. The van der Waals surface area contributed by atoms with Crippen LogP contribution >= 0.6 is 15.9 Å². The highest BCUT2D eigenvalue weighted by Gasteiger charge is 2.29. The topological polar surface area (TPSA) is 118 Å². The third-order valence-corrected chi connectivity index (χ3v) is 3.80. The number of nitro groups is 1. The summed E-state index contributed by atoms with van der Waals surface area (Å²) >= 11 is 3.01. The summed E-state index contributed by atoms with van der Waals surface area (Å²) in [5.41, 5.74) is -0.195. The molecule has 110 valence electrons. The molecule has 2 rings (SSSR count). The number of rotatable bonds is 3. The van der Waals surface area contributed by atoms with Crippen LogP contribution in [0.25, 0.3) is 0 Å². The lowest BCUT2D eigenvalue weighted by molar-refractivity contribution is -0.385. The zero-order chi connectivity index (χ0) is 15.6. The number of imide groups is 1. The highest BCUT2D eigenvalue weighted by atomic mass is 79.9. The van der Waals surface area contributed by atoms with Gasteiger partial charge in [-0.15, -0.1) is 0 Å². The molecule has 0 spiro atoms. The number of nitro benzene ring substituents is 1. The Hall–Kier alpha value is -2.29. The van der Waals surface area contributed by atoms with Crippen molar-refractivity contribution in [2.45, 2.75) is 18.9 Å². The molecule has 1 aliphatic heterocycles. The molecule has 3 amide bonds. The first-order chi connectivity index (χ1) is 9.90. The minimum absolute atomic E-state index is 0.0415. The zero-order valence-corrected chi connectivity index (χ0v) is 12.2. The van der Waals surface area contributed by atoms with E-state index in [2.05, 4.69) is 26.6 Å². The zero-order valence-electron chi connectivity index (χ0n) is 10.6. The van der Waals surface area contributed by atoms with E-state index in [0.717, 1.165) is 0 Å². The Balaban J connectivity index is 2.18. The molecule has 1 aliphatic rings. The number of carbonyl (C=O) groups is 3. The number of nitrogens with one attached hydrogen (secondary N) is 2. The average Bonchev–Trinajstić information content (AvgIpc) is 2.41. The van der Waals surface area contributed by atoms with Gasteiger partial charge in [0.05, 0.1) is 10.5 Å². The summed E-state index contributed by atoms with van der Waals surface area (Å²) in [5.74, 6) is -1.59.